The van der Waals surface area contributed by atoms with Crippen LogP contribution in [-0.4, -0.2) is 86.7 Å². The van der Waals surface area contributed by atoms with Gasteiger partial charge in [-0.25, -0.2) is 9.97 Å². The lowest BCUT2D eigenvalue weighted by Crippen LogP contribution is -2.57. The summed E-state index contributed by atoms with van der Waals surface area (Å²) in [4.78, 5) is 35.8. The highest BCUT2D eigenvalue weighted by Gasteiger charge is 2.47. The lowest BCUT2D eigenvalue weighted by molar-refractivity contribution is 0.102. The molecule has 1 amide bonds. The molecule has 0 bridgehead atoms. The molecule has 6 rings (SSSR count). The predicted molar refractivity (Wildman–Crippen MR) is 144 cm³/mol. The van der Waals surface area contributed by atoms with Crippen molar-refractivity contribution in [3.05, 3.63) is 41.7 Å². The maximum atomic E-state index is 13.6. The Labute approximate surface area is 219 Å². The van der Waals surface area contributed by atoms with E-state index in [9.17, 15) is 4.79 Å². The molecular weight excluding hydrogens is 488 g/mol. The van der Waals surface area contributed by atoms with Gasteiger partial charge in [-0.3, -0.25) is 9.79 Å². The summed E-state index contributed by atoms with van der Waals surface area (Å²) in [5.41, 5.74) is 8.42. The maximum absolute atomic E-state index is 13.6. The average Bonchev–Trinajstić information content (AvgIpc) is 3.58. The first-order valence-electron chi connectivity index (χ1n) is 12.7. The van der Waals surface area contributed by atoms with Crippen molar-refractivity contribution in [2.24, 2.45) is 16.1 Å². The van der Waals surface area contributed by atoms with Crippen LogP contribution in [0.5, 0.6) is 0 Å². The molecule has 0 aromatic carbocycles. The van der Waals surface area contributed by atoms with E-state index in [1.54, 1.807) is 37.5 Å². The Morgan fingerprint density at radius 3 is 2.71 bits per heavy atom. The Morgan fingerprint density at radius 2 is 1.97 bits per heavy atom. The molecule has 3 saturated heterocycles. The van der Waals surface area contributed by atoms with Gasteiger partial charge < -0.3 is 34.7 Å². The number of nitrogens with two attached hydrogens (primary N) is 1. The summed E-state index contributed by atoms with van der Waals surface area (Å²) in [7, 11) is 1.66. The normalized spacial score (nSPS) is 19.4. The fraction of sp³-hybridized carbons (Fsp3) is 0.423. The quantitative estimate of drug-likeness (QED) is 0.465. The lowest BCUT2D eigenvalue weighted by Gasteiger charge is -2.48. The van der Waals surface area contributed by atoms with Crippen LogP contribution in [0.1, 0.15) is 22.5 Å². The van der Waals surface area contributed by atoms with Crippen LogP contribution in [0, 0.1) is 5.41 Å². The Balaban J connectivity index is 1.32. The zero-order chi connectivity index (χ0) is 26.1. The van der Waals surface area contributed by atoms with E-state index in [1.165, 1.54) is 6.20 Å². The van der Waals surface area contributed by atoms with Crippen LogP contribution in [0.2, 0.25) is 0 Å². The molecule has 198 valence electrons. The van der Waals surface area contributed by atoms with Crippen LogP contribution in [0.25, 0.3) is 16.8 Å². The number of nitrogens with zero attached hydrogens (tertiary/aromatic N) is 6. The number of hydrogen-bond donors (Lipinski definition) is 2. The summed E-state index contributed by atoms with van der Waals surface area (Å²) in [6, 6.07) is 7.54. The minimum atomic E-state index is -0.338. The summed E-state index contributed by atoms with van der Waals surface area (Å²) < 4.78 is 17.1. The first-order valence-corrected chi connectivity index (χ1v) is 12.7. The van der Waals surface area contributed by atoms with E-state index < -0.39 is 0 Å². The third kappa shape index (κ3) is 4.56. The number of carbonyl (C=O) groups excluding carboxylic acids is 1. The molecule has 3 fully saturated rings. The van der Waals surface area contributed by atoms with Gasteiger partial charge in [-0.05, 0) is 18.6 Å². The third-order valence-corrected chi connectivity index (χ3v) is 7.15. The van der Waals surface area contributed by atoms with Crippen LogP contribution in [0.15, 0.2) is 39.9 Å². The van der Waals surface area contributed by atoms with Crippen LogP contribution in [0.3, 0.4) is 0 Å². The fourth-order valence-electron chi connectivity index (χ4n) is 5.14. The fourth-order valence-corrected chi connectivity index (χ4v) is 5.14. The summed E-state index contributed by atoms with van der Waals surface area (Å²) >= 11 is 0. The number of morpholine rings is 1. The van der Waals surface area contributed by atoms with E-state index in [1.807, 2.05) is 4.90 Å². The van der Waals surface area contributed by atoms with Crippen LogP contribution < -0.4 is 20.9 Å². The monoisotopic (exact) mass is 518 g/mol. The van der Waals surface area contributed by atoms with Gasteiger partial charge in [0.25, 0.3) is 11.9 Å². The number of rotatable bonds is 6. The van der Waals surface area contributed by atoms with Crippen LogP contribution >= 0.6 is 0 Å². The van der Waals surface area contributed by atoms with Gasteiger partial charge in [0.2, 0.25) is 5.65 Å². The van der Waals surface area contributed by atoms with Crippen molar-refractivity contribution in [1.82, 2.24) is 15.0 Å². The summed E-state index contributed by atoms with van der Waals surface area (Å²) in [6.45, 7) is 5.64. The highest BCUT2D eigenvalue weighted by molar-refractivity contribution is 6.10. The first-order chi connectivity index (χ1) is 18.6. The molecule has 0 radical (unpaired) electrons. The van der Waals surface area contributed by atoms with E-state index >= 15 is 0 Å². The molecule has 3 aromatic heterocycles. The highest BCUT2D eigenvalue weighted by Crippen LogP contribution is 2.42. The summed E-state index contributed by atoms with van der Waals surface area (Å²) in [5.74, 6) is 0.624. The molecule has 3 aliphatic heterocycles. The first kappa shape index (κ1) is 24.3. The Kier molecular flexibility index (Phi) is 6.42. The second kappa shape index (κ2) is 10.0. The zero-order valence-electron chi connectivity index (χ0n) is 21.2. The van der Waals surface area contributed by atoms with Gasteiger partial charge in [0.15, 0.2) is 5.58 Å². The molecule has 3 aromatic rings. The largest absolute Gasteiger partial charge is 0.422 e. The number of allylic oxidation sites excluding steroid dienone is 1. The van der Waals surface area contributed by atoms with E-state index in [2.05, 4.69) is 25.2 Å². The van der Waals surface area contributed by atoms with Crippen molar-refractivity contribution in [3.8, 4) is 0 Å². The van der Waals surface area contributed by atoms with Gasteiger partial charge in [0, 0.05) is 69.3 Å². The Bertz CT molecular complexity index is 1400. The smallest absolute Gasteiger partial charge is 0.300 e. The molecule has 0 unspecified atom stereocenters. The topological polar surface area (TPSA) is 144 Å². The molecule has 3 N–H and O–H groups in total. The second-order valence-electron chi connectivity index (χ2n) is 9.81. The van der Waals surface area contributed by atoms with Gasteiger partial charge in [0.05, 0.1) is 31.1 Å². The van der Waals surface area contributed by atoms with Crippen molar-refractivity contribution >= 4 is 46.6 Å². The van der Waals surface area contributed by atoms with Crippen LogP contribution in [0.4, 0.5) is 17.7 Å². The Hall–Kier alpha value is -4.03. The lowest BCUT2D eigenvalue weighted by atomic mass is 9.79. The molecule has 12 heteroatoms. The van der Waals surface area contributed by atoms with Crippen molar-refractivity contribution in [2.75, 3.05) is 74.8 Å². The molecule has 3 aliphatic rings. The van der Waals surface area contributed by atoms with Crippen LogP contribution in [-0.2, 0) is 9.47 Å². The maximum Gasteiger partial charge on any atom is 0.300 e. The minimum absolute atomic E-state index is 0.120. The van der Waals surface area contributed by atoms with E-state index in [0.717, 1.165) is 32.7 Å². The number of anilines is 3. The standard InChI is InChI=1S/C26H30N8O4/c1-28-13-17(12-27)19-3-2-4-21(29-19)30-24(35)18-11-20-22(32-25(38-20)33-6-9-36-10-7-33)31-23(18)34-14-26(15-34)5-8-37-16-26/h2-4,11-13H,5-10,14-16,27H2,1H3,(H,29,30,35)/b17-12+,28-13?. The number of nitrogens with one attached hydrogen (secondary N) is 1. The number of amides is 1. The second-order valence-corrected chi connectivity index (χ2v) is 9.81. The number of oxazole rings is 1. The van der Waals surface area contributed by atoms with Crippen molar-refractivity contribution < 1.29 is 18.7 Å². The minimum Gasteiger partial charge on any atom is -0.422 e. The number of pyridine rings is 2. The van der Waals surface area contributed by atoms with Crippen molar-refractivity contribution in [3.63, 3.8) is 0 Å². The van der Waals surface area contributed by atoms with Gasteiger partial charge >= 0.3 is 0 Å². The zero-order valence-corrected chi connectivity index (χ0v) is 21.2. The third-order valence-electron chi connectivity index (χ3n) is 7.15. The Morgan fingerprint density at radius 1 is 1.13 bits per heavy atom. The molecule has 0 atom stereocenters. The molecule has 1 spiro atoms. The molecule has 38 heavy (non-hydrogen) atoms. The van der Waals surface area contributed by atoms with Gasteiger partial charge in [-0.2, -0.15) is 4.98 Å². The average molecular weight is 519 g/mol. The molecular formula is C26H30N8O4. The number of hydrogen-bond acceptors (Lipinski definition) is 11. The molecule has 12 nitrogen and oxygen atoms in total. The van der Waals surface area contributed by atoms with E-state index in [-0.39, 0.29) is 11.3 Å². The number of aromatic nitrogens is 3. The van der Waals surface area contributed by atoms with Gasteiger partial charge in [-0.1, -0.05) is 6.07 Å². The number of ether oxygens (including phenoxy) is 2. The van der Waals surface area contributed by atoms with Gasteiger partial charge in [0.1, 0.15) is 11.6 Å². The summed E-state index contributed by atoms with van der Waals surface area (Å²) in [6.07, 6.45) is 4.05. The van der Waals surface area contributed by atoms with Crippen molar-refractivity contribution in [1.29, 1.82) is 0 Å². The predicted octanol–water partition coefficient (Wildman–Crippen LogP) is 1.93. The highest BCUT2D eigenvalue weighted by atomic mass is 16.5. The van der Waals surface area contributed by atoms with E-state index in [0.29, 0.717) is 72.0 Å². The van der Waals surface area contributed by atoms with E-state index in [4.69, 9.17) is 24.6 Å². The molecule has 0 saturated carbocycles. The van der Waals surface area contributed by atoms with Gasteiger partial charge in [-0.15, -0.1) is 0 Å². The number of carbonyl (C=O) groups is 1. The SMILES string of the molecule is CN=C/C(=C\N)c1cccc(NC(=O)c2cc3oc(N4CCOCC4)nc3nc2N2CC3(CCOC3)C2)n1. The molecule has 6 heterocycles. The summed E-state index contributed by atoms with van der Waals surface area (Å²) in [5, 5.41) is 2.92. The number of fused-ring (bicyclic) bond motifs is 1. The number of aliphatic imine (C=N–C) groups is 1. The van der Waals surface area contributed by atoms with Crippen molar-refractivity contribution in [2.45, 2.75) is 6.42 Å². The molecule has 0 aliphatic carbocycles.